The van der Waals surface area contributed by atoms with E-state index in [-0.39, 0.29) is 12.8 Å². The van der Waals surface area contributed by atoms with Crippen molar-refractivity contribution >= 4 is 35.0 Å². The van der Waals surface area contributed by atoms with E-state index < -0.39 is 17.4 Å². The molecule has 156 valence electrons. The number of hydrogen-bond donors (Lipinski definition) is 2. The monoisotopic (exact) mass is 413 g/mol. The van der Waals surface area contributed by atoms with Crippen LogP contribution in [0.2, 0.25) is 0 Å². The molecule has 0 atom stereocenters. The normalized spacial score (nSPS) is 15.4. The number of rotatable bonds is 6. The van der Waals surface area contributed by atoms with Crippen LogP contribution >= 0.6 is 0 Å². The smallest absolute Gasteiger partial charge is 0.303 e. The summed E-state index contributed by atoms with van der Waals surface area (Å²) in [7, 11) is 0. The number of carbonyl (C=O) groups is 2. The Morgan fingerprint density at radius 1 is 0.871 bits per heavy atom. The van der Waals surface area contributed by atoms with Crippen molar-refractivity contribution < 1.29 is 19.8 Å². The minimum atomic E-state index is -0.878. The highest BCUT2D eigenvalue weighted by atomic mass is 16.4. The highest BCUT2D eigenvalue weighted by molar-refractivity contribution is 5.89. The predicted molar refractivity (Wildman–Crippen MR) is 119 cm³/mol. The van der Waals surface area contributed by atoms with Crippen molar-refractivity contribution in [3.63, 3.8) is 0 Å². The van der Waals surface area contributed by atoms with Gasteiger partial charge >= 0.3 is 11.9 Å². The largest absolute Gasteiger partial charge is 0.481 e. The van der Waals surface area contributed by atoms with Gasteiger partial charge in [-0.05, 0) is 71.5 Å². The summed E-state index contributed by atoms with van der Waals surface area (Å²) in [5.41, 5.74) is 4.02. The maximum atomic E-state index is 11.6. The fourth-order valence-corrected chi connectivity index (χ4v) is 5.19. The Morgan fingerprint density at radius 3 is 2.19 bits per heavy atom. The lowest BCUT2D eigenvalue weighted by molar-refractivity contribution is -0.137. The van der Waals surface area contributed by atoms with E-state index in [1.165, 1.54) is 0 Å². The lowest BCUT2D eigenvalue weighted by Gasteiger charge is -2.31. The van der Waals surface area contributed by atoms with Crippen LogP contribution < -0.4 is 10.4 Å². The third kappa shape index (κ3) is 3.21. The van der Waals surface area contributed by atoms with E-state index in [4.69, 9.17) is 4.98 Å². The SMILES string of the molecule is O=C(O)CCC1(CCC(=O)O)c2cc3c(cc2-c2nc4ccccc4cc21)=CCCC=3. The first-order valence-corrected chi connectivity index (χ1v) is 10.7. The van der Waals surface area contributed by atoms with Gasteiger partial charge in [-0.25, -0.2) is 4.98 Å². The molecule has 0 saturated heterocycles. The number of benzene rings is 2. The first-order valence-electron chi connectivity index (χ1n) is 10.7. The fraction of sp³-hybridized carbons (Fsp3) is 0.269. The summed E-state index contributed by atoms with van der Waals surface area (Å²) in [6.45, 7) is 0. The van der Waals surface area contributed by atoms with Gasteiger partial charge in [-0.2, -0.15) is 0 Å². The molecule has 0 bridgehead atoms. The molecule has 0 spiro atoms. The first kappa shape index (κ1) is 19.5. The molecular formula is C26H23NO4. The number of carboxylic acid groups (broad SMARTS) is 2. The standard InChI is InChI=1S/C26H23NO4/c28-23(29)9-11-26(12-10-24(30)31)20-14-17-6-2-1-5-16(17)13-19(20)25-21(26)15-18-7-3-4-8-22(18)27-25/h3-8,13-15H,1-2,9-12H2,(H,28,29)(H,30,31). The van der Waals surface area contributed by atoms with Gasteiger partial charge in [0.2, 0.25) is 0 Å². The van der Waals surface area contributed by atoms with Crippen LogP contribution in [-0.4, -0.2) is 27.1 Å². The van der Waals surface area contributed by atoms with Crippen molar-refractivity contribution in [2.24, 2.45) is 0 Å². The van der Waals surface area contributed by atoms with Crippen molar-refractivity contribution in [2.75, 3.05) is 0 Å². The summed E-state index contributed by atoms with van der Waals surface area (Å²) in [4.78, 5) is 28.1. The number of para-hydroxylation sites is 1. The van der Waals surface area contributed by atoms with E-state index in [1.54, 1.807) is 0 Å². The van der Waals surface area contributed by atoms with Gasteiger partial charge in [-0.15, -0.1) is 0 Å². The molecule has 5 heteroatoms. The van der Waals surface area contributed by atoms with Gasteiger partial charge in [-0.1, -0.05) is 30.4 Å². The van der Waals surface area contributed by atoms with Gasteiger partial charge < -0.3 is 10.2 Å². The molecule has 0 amide bonds. The van der Waals surface area contributed by atoms with Gasteiger partial charge in [-0.3, -0.25) is 9.59 Å². The summed E-state index contributed by atoms with van der Waals surface area (Å²) in [5, 5.41) is 22.2. The minimum Gasteiger partial charge on any atom is -0.481 e. The lowest BCUT2D eigenvalue weighted by atomic mass is 9.71. The van der Waals surface area contributed by atoms with Crippen molar-refractivity contribution in [3.8, 4) is 11.3 Å². The molecule has 1 aromatic heterocycles. The van der Waals surface area contributed by atoms with Gasteiger partial charge in [0.1, 0.15) is 0 Å². The van der Waals surface area contributed by atoms with Gasteiger partial charge in [0.05, 0.1) is 11.2 Å². The van der Waals surface area contributed by atoms with Crippen LogP contribution in [0, 0.1) is 0 Å². The third-order valence-corrected chi connectivity index (χ3v) is 6.66. The average molecular weight is 413 g/mol. The number of carboxylic acids is 2. The van der Waals surface area contributed by atoms with Crippen LogP contribution in [0.1, 0.15) is 49.7 Å². The molecule has 0 fully saturated rings. The molecule has 2 aliphatic carbocycles. The van der Waals surface area contributed by atoms with Gasteiger partial charge in [0.15, 0.2) is 0 Å². The Kier molecular flexibility index (Phi) is 4.62. The Labute approximate surface area is 179 Å². The van der Waals surface area contributed by atoms with E-state index in [9.17, 15) is 19.8 Å². The summed E-state index contributed by atoms with van der Waals surface area (Å²) < 4.78 is 0. The number of aliphatic carboxylic acids is 2. The molecule has 31 heavy (non-hydrogen) atoms. The molecule has 5 rings (SSSR count). The molecule has 0 aliphatic heterocycles. The zero-order valence-electron chi connectivity index (χ0n) is 17.1. The van der Waals surface area contributed by atoms with E-state index >= 15 is 0 Å². The summed E-state index contributed by atoms with van der Waals surface area (Å²) in [6, 6.07) is 14.3. The third-order valence-electron chi connectivity index (χ3n) is 6.66. The maximum absolute atomic E-state index is 11.6. The van der Waals surface area contributed by atoms with E-state index in [1.807, 2.05) is 24.3 Å². The van der Waals surface area contributed by atoms with Crippen molar-refractivity contribution in [3.05, 3.63) is 64.0 Å². The highest BCUT2D eigenvalue weighted by Crippen LogP contribution is 2.53. The molecule has 2 N–H and O–H groups in total. The van der Waals surface area contributed by atoms with Crippen LogP contribution in [0.4, 0.5) is 0 Å². The molecule has 5 nitrogen and oxygen atoms in total. The minimum absolute atomic E-state index is 0.0295. The topological polar surface area (TPSA) is 87.5 Å². The number of nitrogens with zero attached hydrogens (tertiary/aromatic N) is 1. The van der Waals surface area contributed by atoms with Crippen molar-refractivity contribution in [1.82, 2.24) is 4.98 Å². The number of pyridine rings is 1. The molecular weight excluding hydrogens is 390 g/mol. The van der Waals surface area contributed by atoms with Crippen LogP contribution in [-0.2, 0) is 15.0 Å². The van der Waals surface area contributed by atoms with Crippen LogP contribution in [0.15, 0.2) is 42.5 Å². The zero-order valence-corrected chi connectivity index (χ0v) is 17.1. The molecule has 2 aromatic carbocycles. The summed E-state index contributed by atoms with van der Waals surface area (Å²) in [6.07, 6.45) is 7.03. The second kappa shape index (κ2) is 7.34. The highest BCUT2D eigenvalue weighted by Gasteiger charge is 2.44. The van der Waals surface area contributed by atoms with E-state index in [0.717, 1.165) is 56.6 Å². The number of aromatic nitrogens is 1. The predicted octanol–water partition coefficient (Wildman–Crippen LogP) is 3.59. The average Bonchev–Trinajstić information content (AvgIpc) is 3.02. The lowest BCUT2D eigenvalue weighted by Crippen LogP contribution is -2.32. The molecule has 2 aliphatic rings. The fourth-order valence-electron chi connectivity index (χ4n) is 5.19. The van der Waals surface area contributed by atoms with Crippen molar-refractivity contribution in [1.29, 1.82) is 0 Å². The second-order valence-electron chi connectivity index (χ2n) is 8.46. The Hall–Kier alpha value is -3.47. The molecule has 1 heterocycles. The van der Waals surface area contributed by atoms with Gasteiger partial charge in [0, 0.05) is 29.2 Å². The number of fused-ring (bicyclic) bond motifs is 5. The van der Waals surface area contributed by atoms with E-state index in [0.29, 0.717) is 12.8 Å². The first-order chi connectivity index (χ1) is 15.0. The van der Waals surface area contributed by atoms with E-state index in [2.05, 4.69) is 30.4 Å². The van der Waals surface area contributed by atoms with Gasteiger partial charge in [0.25, 0.3) is 0 Å². The quantitative estimate of drug-likeness (QED) is 0.645. The number of hydrogen-bond acceptors (Lipinski definition) is 3. The Morgan fingerprint density at radius 2 is 1.52 bits per heavy atom. The zero-order chi connectivity index (χ0) is 21.6. The van der Waals surface area contributed by atoms with Crippen LogP contribution in [0.5, 0.6) is 0 Å². The van der Waals surface area contributed by atoms with Crippen molar-refractivity contribution in [2.45, 2.75) is 43.9 Å². The van der Waals surface area contributed by atoms with Crippen LogP contribution in [0.3, 0.4) is 0 Å². The Bertz CT molecular complexity index is 1340. The maximum Gasteiger partial charge on any atom is 0.303 e. The molecule has 3 aromatic rings. The molecule has 0 radical (unpaired) electrons. The Balaban J connectivity index is 1.84. The van der Waals surface area contributed by atoms with Crippen LogP contribution in [0.25, 0.3) is 34.3 Å². The molecule has 0 unspecified atom stereocenters. The second-order valence-corrected chi connectivity index (χ2v) is 8.46. The molecule has 0 saturated carbocycles. The summed E-state index contributed by atoms with van der Waals surface area (Å²) in [5.74, 6) is -1.76. The summed E-state index contributed by atoms with van der Waals surface area (Å²) >= 11 is 0.